The first-order valence-corrected chi connectivity index (χ1v) is 7.28. The Labute approximate surface area is 121 Å². The van der Waals surface area contributed by atoms with Crippen LogP contribution in [0.1, 0.15) is 42.3 Å². The van der Waals surface area contributed by atoms with Crippen LogP contribution in [0.4, 0.5) is 0 Å². The van der Waals surface area contributed by atoms with Crippen molar-refractivity contribution < 1.29 is 0 Å². The lowest BCUT2D eigenvalue weighted by molar-refractivity contribution is 0.268. The van der Waals surface area contributed by atoms with Crippen LogP contribution in [-0.2, 0) is 20.0 Å². The molecule has 0 amide bonds. The molecule has 0 radical (unpaired) electrons. The molecule has 2 aromatic rings. The summed E-state index contributed by atoms with van der Waals surface area (Å²) in [4.78, 5) is 0. The molecule has 0 fully saturated rings. The van der Waals surface area contributed by atoms with E-state index in [0.717, 1.165) is 18.7 Å². The van der Waals surface area contributed by atoms with Crippen LogP contribution in [0.15, 0.2) is 30.5 Å². The Bertz CT molecular complexity index is 625. The number of nitrogens with zero attached hydrogens (tertiary/aromatic N) is 2. The predicted octanol–water partition coefficient (Wildman–Crippen LogP) is 3.14. The van der Waals surface area contributed by atoms with Crippen LogP contribution in [-0.4, -0.2) is 9.78 Å². The molecule has 0 saturated heterocycles. The van der Waals surface area contributed by atoms with E-state index in [1.807, 2.05) is 11.7 Å². The van der Waals surface area contributed by atoms with E-state index in [4.69, 9.17) is 0 Å². The average molecular weight is 269 g/mol. The van der Waals surface area contributed by atoms with E-state index in [2.05, 4.69) is 61.6 Å². The second kappa shape index (κ2) is 4.74. The quantitative estimate of drug-likeness (QED) is 0.927. The molecule has 1 aromatic heterocycles. The first-order chi connectivity index (χ1) is 9.47. The summed E-state index contributed by atoms with van der Waals surface area (Å²) >= 11 is 0. The smallest absolute Gasteiger partial charge is 0.0638 e. The molecule has 20 heavy (non-hydrogen) atoms. The average Bonchev–Trinajstić information content (AvgIpc) is 2.82. The first-order valence-electron chi connectivity index (χ1n) is 7.28. The molecule has 0 bridgehead atoms. The molecule has 3 nitrogen and oxygen atoms in total. The van der Waals surface area contributed by atoms with Crippen molar-refractivity contribution in [3.8, 4) is 0 Å². The number of rotatable bonds is 3. The van der Waals surface area contributed by atoms with E-state index in [1.165, 1.54) is 16.7 Å². The van der Waals surface area contributed by atoms with Crippen molar-refractivity contribution in [3.63, 3.8) is 0 Å². The molecule has 0 spiro atoms. The third kappa shape index (κ3) is 2.27. The lowest BCUT2D eigenvalue weighted by atomic mass is 9.85. The number of nitrogens with one attached hydrogen (secondary N) is 1. The van der Waals surface area contributed by atoms with Gasteiger partial charge in [0.2, 0.25) is 0 Å². The first kappa shape index (κ1) is 13.4. The number of benzene rings is 1. The van der Waals surface area contributed by atoms with Crippen molar-refractivity contribution >= 4 is 0 Å². The SMILES string of the molecule is Cc1nn(C)cc1CNC1c2ccccc2CC1(C)C. The molecule has 1 aliphatic carbocycles. The Kier molecular flexibility index (Phi) is 3.17. The maximum atomic E-state index is 4.41. The Balaban J connectivity index is 1.81. The molecule has 0 saturated carbocycles. The predicted molar refractivity (Wildman–Crippen MR) is 81.5 cm³/mol. The van der Waals surface area contributed by atoms with E-state index in [9.17, 15) is 0 Å². The van der Waals surface area contributed by atoms with Gasteiger partial charge in [0.1, 0.15) is 0 Å². The molecule has 3 rings (SSSR count). The Morgan fingerprint density at radius 1 is 1.35 bits per heavy atom. The van der Waals surface area contributed by atoms with Crippen LogP contribution in [0.2, 0.25) is 0 Å². The monoisotopic (exact) mass is 269 g/mol. The highest BCUT2D eigenvalue weighted by molar-refractivity contribution is 5.37. The molecular weight excluding hydrogens is 246 g/mol. The molecular formula is C17H23N3. The molecule has 3 heteroatoms. The zero-order valence-electron chi connectivity index (χ0n) is 12.8. The minimum Gasteiger partial charge on any atom is -0.305 e. The number of fused-ring (bicyclic) bond motifs is 1. The number of aromatic nitrogens is 2. The Hall–Kier alpha value is -1.61. The van der Waals surface area contributed by atoms with Crippen LogP contribution in [0.25, 0.3) is 0 Å². The van der Waals surface area contributed by atoms with Gasteiger partial charge in [0, 0.05) is 31.4 Å². The van der Waals surface area contributed by atoms with Crippen LogP contribution in [0.3, 0.4) is 0 Å². The van der Waals surface area contributed by atoms with E-state index < -0.39 is 0 Å². The molecule has 0 aliphatic heterocycles. The molecule has 1 heterocycles. The second-order valence-corrected chi connectivity index (χ2v) is 6.59. The fraction of sp³-hybridized carbons (Fsp3) is 0.471. The Morgan fingerprint density at radius 3 is 2.80 bits per heavy atom. The van der Waals surface area contributed by atoms with Crippen molar-refractivity contribution in [2.24, 2.45) is 12.5 Å². The van der Waals surface area contributed by atoms with Gasteiger partial charge in [-0.1, -0.05) is 38.1 Å². The van der Waals surface area contributed by atoms with Crippen molar-refractivity contribution in [2.45, 2.75) is 39.8 Å². The van der Waals surface area contributed by atoms with Gasteiger partial charge in [-0.05, 0) is 29.9 Å². The van der Waals surface area contributed by atoms with E-state index in [1.54, 1.807) is 0 Å². The van der Waals surface area contributed by atoms with Crippen molar-refractivity contribution in [3.05, 3.63) is 52.8 Å². The van der Waals surface area contributed by atoms with E-state index in [-0.39, 0.29) is 5.41 Å². The summed E-state index contributed by atoms with van der Waals surface area (Å²) in [5.41, 5.74) is 5.61. The van der Waals surface area contributed by atoms with Crippen LogP contribution < -0.4 is 5.32 Å². The van der Waals surface area contributed by atoms with E-state index >= 15 is 0 Å². The minimum absolute atomic E-state index is 0.264. The number of hydrogen-bond donors (Lipinski definition) is 1. The third-order valence-corrected chi connectivity index (χ3v) is 4.41. The fourth-order valence-corrected chi connectivity index (χ4v) is 3.41. The summed E-state index contributed by atoms with van der Waals surface area (Å²) in [5, 5.41) is 8.16. The van der Waals surface area contributed by atoms with Gasteiger partial charge in [-0.3, -0.25) is 4.68 Å². The van der Waals surface area contributed by atoms with Crippen LogP contribution >= 0.6 is 0 Å². The minimum atomic E-state index is 0.264. The van der Waals surface area contributed by atoms with Gasteiger partial charge < -0.3 is 5.32 Å². The van der Waals surface area contributed by atoms with Gasteiger partial charge in [0.15, 0.2) is 0 Å². The van der Waals surface area contributed by atoms with Crippen molar-refractivity contribution in [1.29, 1.82) is 0 Å². The summed E-state index contributed by atoms with van der Waals surface area (Å²) in [6.45, 7) is 7.65. The summed E-state index contributed by atoms with van der Waals surface area (Å²) in [5.74, 6) is 0. The zero-order chi connectivity index (χ0) is 14.3. The van der Waals surface area contributed by atoms with Gasteiger partial charge in [0.05, 0.1) is 5.69 Å². The van der Waals surface area contributed by atoms with Crippen LogP contribution in [0.5, 0.6) is 0 Å². The van der Waals surface area contributed by atoms with Crippen molar-refractivity contribution in [2.75, 3.05) is 0 Å². The highest BCUT2D eigenvalue weighted by Gasteiger charge is 2.38. The second-order valence-electron chi connectivity index (χ2n) is 6.59. The fourth-order valence-electron chi connectivity index (χ4n) is 3.41. The largest absolute Gasteiger partial charge is 0.305 e. The molecule has 1 aliphatic rings. The normalized spacial score (nSPS) is 20.1. The maximum Gasteiger partial charge on any atom is 0.0638 e. The standard InChI is InChI=1S/C17H23N3/c1-12-14(11-20(4)19-12)10-18-16-15-8-6-5-7-13(15)9-17(16,2)3/h5-8,11,16,18H,9-10H2,1-4H3. The number of aryl methyl sites for hydroxylation is 2. The highest BCUT2D eigenvalue weighted by Crippen LogP contribution is 2.45. The molecule has 106 valence electrons. The van der Waals surface area contributed by atoms with Gasteiger partial charge in [-0.15, -0.1) is 0 Å². The van der Waals surface area contributed by atoms with Gasteiger partial charge in [-0.25, -0.2) is 0 Å². The van der Waals surface area contributed by atoms with Gasteiger partial charge >= 0.3 is 0 Å². The summed E-state index contributed by atoms with van der Waals surface area (Å²) in [6, 6.07) is 9.22. The summed E-state index contributed by atoms with van der Waals surface area (Å²) in [7, 11) is 1.98. The van der Waals surface area contributed by atoms with E-state index in [0.29, 0.717) is 6.04 Å². The van der Waals surface area contributed by atoms with Gasteiger partial charge in [0.25, 0.3) is 0 Å². The highest BCUT2D eigenvalue weighted by atomic mass is 15.3. The van der Waals surface area contributed by atoms with Crippen LogP contribution in [0, 0.1) is 12.3 Å². The molecule has 1 atom stereocenters. The lowest BCUT2D eigenvalue weighted by Crippen LogP contribution is -2.30. The lowest BCUT2D eigenvalue weighted by Gasteiger charge is -2.28. The topological polar surface area (TPSA) is 29.9 Å². The summed E-state index contributed by atoms with van der Waals surface area (Å²) in [6.07, 6.45) is 3.25. The zero-order valence-corrected chi connectivity index (χ0v) is 12.8. The summed E-state index contributed by atoms with van der Waals surface area (Å²) < 4.78 is 1.89. The molecule has 1 unspecified atom stereocenters. The molecule has 1 aromatic carbocycles. The van der Waals surface area contributed by atoms with Crippen molar-refractivity contribution in [1.82, 2.24) is 15.1 Å². The molecule has 1 N–H and O–H groups in total. The Morgan fingerprint density at radius 2 is 2.10 bits per heavy atom. The third-order valence-electron chi connectivity index (χ3n) is 4.41. The maximum absolute atomic E-state index is 4.41. The van der Waals surface area contributed by atoms with Gasteiger partial charge in [-0.2, -0.15) is 5.10 Å². The number of hydrogen-bond acceptors (Lipinski definition) is 2.